The fourth-order valence-electron chi connectivity index (χ4n) is 6.56. The highest BCUT2D eigenvalue weighted by molar-refractivity contribution is 14.1. The fraction of sp³-hybridized carbons (Fsp3) is 0.692. The quantitative estimate of drug-likeness (QED) is 0.0733. The molecular weight excluding hydrogens is 725 g/mol. The Labute approximate surface area is 301 Å². The Morgan fingerprint density at radius 3 is 1.54 bits per heavy atom. The average Bonchev–Trinajstić information content (AvgIpc) is 3.20. The number of unbranched alkanes of at least 4 members (excludes halogenated alkanes) is 19. The summed E-state index contributed by atoms with van der Waals surface area (Å²) in [4.78, 5) is 2.53. The van der Waals surface area contributed by atoms with Gasteiger partial charge < -0.3 is 4.90 Å². The molecule has 0 saturated carbocycles. The lowest BCUT2D eigenvalue weighted by Gasteiger charge is -2.31. The second-order valence-corrected chi connectivity index (χ2v) is 17.0. The van der Waals surface area contributed by atoms with Gasteiger partial charge >= 0.3 is 0 Å². The van der Waals surface area contributed by atoms with E-state index in [1.165, 1.54) is 168 Å². The fourth-order valence-corrected chi connectivity index (χ4v) is 7.65. The molecule has 1 aliphatic heterocycles. The Kier molecular flexibility index (Phi) is 20.4. The largest absolute Gasteiger partial charge is 0.368 e. The number of rotatable bonds is 22. The Morgan fingerprint density at radius 2 is 1.13 bits per heavy atom. The second-order valence-electron chi connectivity index (χ2n) is 13.9. The summed E-state index contributed by atoms with van der Waals surface area (Å²) in [6.45, 7) is 10.8. The van der Waals surface area contributed by atoms with E-state index in [0.29, 0.717) is 11.1 Å². The molecule has 1 N–H and O–H groups in total. The molecule has 0 radical (unpaired) electrons. The van der Waals surface area contributed by atoms with Gasteiger partial charge in [0, 0.05) is 32.3 Å². The number of hydrogen-bond donors (Lipinski definition) is 1. The molecule has 46 heavy (non-hydrogen) atoms. The Morgan fingerprint density at radius 1 is 0.717 bits per heavy atom. The maximum absolute atomic E-state index is 10.5. The van der Waals surface area contributed by atoms with Gasteiger partial charge in [-0.3, -0.25) is 4.55 Å². The van der Waals surface area contributed by atoms with Crippen molar-refractivity contribution in [2.75, 3.05) is 11.4 Å². The molecule has 1 unspecified atom stereocenters. The smallest absolute Gasteiger partial charge is 0.294 e. The molecule has 0 saturated heterocycles. The third kappa shape index (κ3) is 15.6. The number of fused-ring (bicyclic) bond motifs is 1. The van der Waals surface area contributed by atoms with Crippen molar-refractivity contribution in [2.45, 2.75) is 172 Å². The van der Waals surface area contributed by atoms with E-state index in [0.717, 1.165) is 0 Å². The lowest BCUT2D eigenvalue weighted by Crippen LogP contribution is -2.39. The molecule has 0 aromatic heterocycles. The lowest BCUT2D eigenvalue weighted by atomic mass is 9.81. The van der Waals surface area contributed by atoms with Gasteiger partial charge in [-0.05, 0) is 84.0 Å². The van der Waals surface area contributed by atoms with Crippen LogP contribution in [0.3, 0.4) is 0 Å². The van der Waals surface area contributed by atoms with Crippen LogP contribution in [0.15, 0.2) is 47.4 Å². The Hall–Kier alpha value is -0.830. The first-order valence-corrected chi connectivity index (χ1v) is 21.2. The van der Waals surface area contributed by atoms with Crippen LogP contribution in [-0.4, -0.2) is 25.6 Å². The minimum Gasteiger partial charge on any atom is -0.368 e. The predicted molar refractivity (Wildman–Crippen MR) is 208 cm³/mol. The lowest BCUT2D eigenvalue weighted by molar-refractivity contribution is 0.436. The molecule has 0 bridgehead atoms. The highest BCUT2D eigenvalue weighted by atomic mass is 127. The van der Waals surface area contributed by atoms with Gasteiger partial charge in [-0.15, -0.1) is 0 Å². The van der Waals surface area contributed by atoms with Gasteiger partial charge in [-0.1, -0.05) is 154 Å². The molecule has 1 heterocycles. The summed E-state index contributed by atoms with van der Waals surface area (Å²) < 4.78 is 30.8. The molecule has 2 aromatic carbocycles. The van der Waals surface area contributed by atoms with Crippen LogP contribution in [0.25, 0.3) is 0 Å². The summed E-state index contributed by atoms with van der Waals surface area (Å²) in [6.07, 6.45) is 29.0. The van der Waals surface area contributed by atoms with Crippen molar-refractivity contribution in [1.82, 2.24) is 0 Å². The summed E-state index contributed by atoms with van der Waals surface area (Å²) in [7, 11) is -4.08. The standard InChI is InChI=1S/C33H58IN.C6H5ClO3S/c1-5-6-7-8-9-10-11-12-13-14-15-16-17-18-19-20-21-22-23-24-27-35-29(2)33(3,4)31-28-30(34)25-26-32(31)35;7-5-1-3-6(4-2-5)11(8,9)10/h25-26,28-29H,5-24,27H2,1-4H3;1-4H,(H,8,9,10). The van der Waals surface area contributed by atoms with E-state index in [4.69, 9.17) is 16.2 Å². The van der Waals surface area contributed by atoms with Crippen molar-refractivity contribution >= 4 is 50.0 Å². The molecule has 2 aromatic rings. The normalized spacial score (nSPS) is 15.5. The zero-order valence-corrected chi connectivity index (χ0v) is 33.1. The minimum absolute atomic E-state index is 0.151. The Bertz CT molecular complexity index is 1200. The number of nitrogens with zero attached hydrogens (tertiary/aromatic N) is 1. The first kappa shape index (κ1) is 41.3. The maximum atomic E-state index is 10.5. The highest BCUT2D eigenvalue weighted by Crippen LogP contribution is 2.45. The van der Waals surface area contributed by atoms with E-state index in [-0.39, 0.29) is 10.3 Å². The van der Waals surface area contributed by atoms with E-state index in [2.05, 4.69) is 73.4 Å². The summed E-state index contributed by atoms with van der Waals surface area (Å²) in [6, 6.07) is 12.9. The summed E-state index contributed by atoms with van der Waals surface area (Å²) in [5, 5.41) is 0.428. The number of halogens is 2. The molecule has 3 rings (SSSR count). The second kappa shape index (κ2) is 22.7. The van der Waals surface area contributed by atoms with Gasteiger partial charge in [0.25, 0.3) is 10.1 Å². The summed E-state index contributed by atoms with van der Waals surface area (Å²) in [5.74, 6) is 0. The van der Waals surface area contributed by atoms with E-state index in [9.17, 15) is 8.42 Å². The van der Waals surface area contributed by atoms with Crippen molar-refractivity contribution < 1.29 is 13.0 Å². The third-order valence-electron chi connectivity index (χ3n) is 9.84. The molecule has 4 nitrogen and oxygen atoms in total. The molecule has 0 fully saturated rings. The predicted octanol–water partition coefficient (Wildman–Crippen LogP) is 13.2. The van der Waals surface area contributed by atoms with Crippen LogP contribution in [0, 0.1) is 3.57 Å². The van der Waals surface area contributed by atoms with Crippen LogP contribution in [0.5, 0.6) is 0 Å². The van der Waals surface area contributed by atoms with Crippen LogP contribution < -0.4 is 4.90 Å². The first-order chi connectivity index (χ1) is 22.0. The van der Waals surface area contributed by atoms with E-state index >= 15 is 0 Å². The van der Waals surface area contributed by atoms with Gasteiger partial charge in [0.05, 0.1) is 4.90 Å². The molecule has 7 heteroatoms. The topological polar surface area (TPSA) is 57.6 Å². The molecule has 0 aliphatic carbocycles. The van der Waals surface area contributed by atoms with Gasteiger partial charge in [0.1, 0.15) is 0 Å². The van der Waals surface area contributed by atoms with Crippen LogP contribution in [0.1, 0.15) is 162 Å². The van der Waals surface area contributed by atoms with Gasteiger partial charge in [0.15, 0.2) is 0 Å². The molecule has 262 valence electrons. The summed E-state index contributed by atoms with van der Waals surface area (Å²) in [5.41, 5.74) is 3.29. The number of anilines is 1. The van der Waals surface area contributed by atoms with Crippen LogP contribution >= 0.6 is 34.2 Å². The Balaban J connectivity index is 0.000000562. The number of hydrogen-bond acceptors (Lipinski definition) is 3. The molecule has 1 atom stereocenters. The van der Waals surface area contributed by atoms with E-state index in [1.54, 1.807) is 5.56 Å². The van der Waals surface area contributed by atoms with Gasteiger partial charge in [0.2, 0.25) is 0 Å². The van der Waals surface area contributed by atoms with Crippen LogP contribution in [-0.2, 0) is 15.5 Å². The zero-order valence-electron chi connectivity index (χ0n) is 29.3. The SMILES string of the molecule is CCCCCCCCCCCCCCCCCCCCCCN1c2ccc(I)cc2C(C)(C)C1C.O=S(=O)(O)c1ccc(Cl)cc1. The first-order valence-electron chi connectivity index (χ1n) is 18.3. The van der Waals surface area contributed by atoms with Crippen molar-refractivity contribution in [3.05, 3.63) is 56.6 Å². The van der Waals surface area contributed by atoms with Crippen molar-refractivity contribution in [2.24, 2.45) is 0 Å². The van der Waals surface area contributed by atoms with Crippen molar-refractivity contribution in [1.29, 1.82) is 0 Å². The van der Waals surface area contributed by atoms with Gasteiger partial charge in [-0.25, -0.2) is 0 Å². The van der Waals surface area contributed by atoms with E-state index < -0.39 is 10.1 Å². The average molecular weight is 788 g/mol. The molecule has 0 amide bonds. The van der Waals surface area contributed by atoms with Crippen molar-refractivity contribution in [3.63, 3.8) is 0 Å². The number of benzene rings is 2. The highest BCUT2D eigenvalue weighted by Gasteiger charge is 2.41. The zero-order chi connectivity index (χ0) is 33.8. The maximum Gasteiger partial charge on any atom is 0.294 e. The van der Waals surface area contributed by atoms with Gasteiger partial charge in [-0.2, -0.15) is 8.42 Å². The van der Waals surface area contributed by atoms with Crippen LogP contribution in [0.4, 0.5) is 5.69 Å². The third-order valence-corrected chi connectivity index (χ3v) is 11.6. The monoisotopic (exact) mass is 787 g/mol. The molecule has 0 spiro atoms. The van der Waals surface area contributed by atoms with Crippen LogP contribution in [0.2, 0.25) is 5.02 Å². The summed E-state index contributed by atoms with van der Waals surface area (Å²) >= 11 is 7.94. The molecule has 1 aliphatic rings. The van der Waals surface area contributed by atoms with Crippen molar-refractivity contribution in [3.8, 4) is 0 Å². The minimum atomic E-state index is -4.08. The molecular formula is C39H63ClINO3S. The van der Waals surface area contributed by atoms with E-state index in [1.807, 2.05) is 0 Å².